The molecular formula is C11H7ClFNO. The maximum Gasteiger partial charge on any atom is 0.125 e. The van der Waals surface area contributed by atoms with Gasteiger partial charge in [0, 0.05) is 24.1 Å². The van der Waals surface area contributed by atoms with Crippen molar-refractivity contribution < 1.29 is 9.18 Å². The van der Waals surface area contributed by atoms with E-state index in [0.717, 1.165) is 6.29 Å². The van der Waals surface area contributed by atoms with Gasteiger partial charge in [-0.2, -0.15) is 0 Å². The largest absolute Gasteiger partial charge is 0.303 e. The molecule has 0 radical (unpaired) electrons. The van der Waals surface area contributed by atoms with Crippen LogP contribution in [-0.2, 0) is 11.2 Å². The molecule has 2 aromatic rings. The smallest absolute Gasteiger partial charge is 0.125 e. The van der Waals surface area contributed by atoms with Gasteiger partial charge in [-0.15, -0.1) is 0 Å². The lowest BCUT2D eigenvalue weighted by Crippen LogP contribution is -1.91. The van der Waals surface area contributed by atoms with E-state index in [1.54, 1.807) is 6.07 Å². The van der Waals surface area contributed by atoms with Gasteiger partial charge in [0.1, 0.15) is 12.1 Å². The molecule has 0 N–H and O–H groups in total. The van der Waals surface area contributed by atoms with Gasteiger partial charge in [0.2, 0.25) is 0 Å². The Morgan fingerprint density at radius 1 is 1.47 bits per heavy atom. The Hall–Kier alpha value is -1.48. The van der Waals surface area contributed by atoms with Crippen molar-refractivity contribution in [3.05, 3.63) is 40.8 Å². The fourth-order valence-electron chi connectivity index (χ4n) is 1.41. The van der Waals surface area contributed by atoms with Crippen molar-refractivity contribution in [2.45, 2.75) is 6.42 Å². The quantitative estimate of drug-likeness (QED) is 0.733. The van der Waals surface area contributed by atoms with E-state index >= 15 is 0 Å². The summed E-state index contributed by atoms with van der Waals surface area (Å²) < 4.78 is 12.9. The molecule has 0 bridgehead atoms. The minimum atomic E-state index is -0.353. The number of hydrogen-bond acceptors (Lipinski definition) is 2. The van der Waals surface area contributed by atoms with E-state index in [-0.39, 0.29) is 12.2 Å². The van der Waals surface area contributed by atoms with Crippen LogP contribution in [0.15, 0.2) is 24.4 Å². The standard InChI is InChI=1S/C11H7ClFNO/c12-11-7(3-4-15)6-14-10-5-8(13)1-2-9(10)11/h1-2,4-6H,3H2. The van der Waals surface area contributed by atoms with Crippen molar-refractivity contribution in [1.82, 2.24) is 4.98 Å². The van der Waals surface area contributed by atoms with Crippen LogP contribution in [0.5, 0.6) is 0 Å². The molecule has 0 saturated heterocycles. The molecule has 2 rings (SSSR count). The molecule has 0 amide bonds. The van der Waals surface area contributed by atoms with E-state index in [1.807, 2.05) is 0 Å². The number of rotatable bonds is 2. The van der Waals surface area contributed by atoms with Gasteiger partial charge in [-0.3, -0.25) is 4.98 Å². The zero-order valence-corrected chi connectivity index (χ0v) is 8.46. The lowest BCUT2D eigenvalue weighted by atomic mass is 10.1. The molecule has 0 unspecified atom stereocenters. The zero-order valence-electron chi connectivity index (χ0n) is 7.71. The highest BCUT2D eigenvalue weighted by atomic mass is 35.5. The van der Waals surface area contributed by atoms with Crippen molar-refractivity contribution in [2.24, 2.45) is 0 Å². The van der Waals surface area contributed by atoms with Crippen LogP contribution in [-0.4, -0.2) is 11.3 Å². The summed E-state index contributed by atoms with van der Waals surface area (Å²) in [6.45, 7) is 0. The molecule has 0 aliphatic heterocycles. The summed E-state index contributed by atoms with van der Waals surface area (Å²) >= 11 is 6.05. The summed E-state index contributed by atoms with van der Waals surface area (Å²) in [4.78, 5) is 14.4. The van der Waals surface area contributed by atoms with Crippen molar-refractivity contribution in [2.75, 3.05) is 0 Å². The Morgan fingerprint density at radius 2 is 2.27 bits per heavy atom. The second-order valence-electron chi connectivity index (χ2n) is 3.13. The molecular weight excluding hydrogens is 217 g/mol. The molecule has 4 heteroatoms. The lowest BCUT2D eigenvalue weighted by Gasteiger charge is -2.04. The predicted octanol–water partition coefficient (Wildman–Crippen LogP) is 2.77. The van der Waals surface area contributed by atoms with Gasteiger partial charge in [0.25, 0.3) is 0 Å². The average Bonchev–Trinajstić information content (AvgIpc) is 2.22. The van der Waals surface area contributed by atoms with Crippen LogP contribution in [0.4, 0.5) is 4.39 Å². The third-order valence-electron chi connectivity index (χ3n) is 2.14. The minimum absolute atomic E-state index is 0.221. The van der Waals surface area contributed by atoms with Crippen LogP contribution < -0.4 is 0 Å². The fourth-order valence-corrected chi connectivity index (χ4v) is 1.69. The zero-order chi connectivity index (χ0) is 10.8. The average molecular weight is 224 g/mol. The number of carbonyl (C=O) groups is 1. The molecule has 1 aromatic carbocycles. The van der Waals surface area contributed by atoms with Gasteiger partial charge >= 0.3 is 0 Å². The Labute approximate surface area is 90.7 Å². The first-order valence-electron chi connectivity index (χ1n) is 4.38. The van der Waals surface area contributed by atoms with E-state index in [0.29, 0.717) is 21.5 Å². The first-order valence-corrected chi connectivity index (χ1v) is 4.76. The van der Waals surface area contributed by atoms with Gasteiger partial charge in [-0.25, -0.2) is 4.39 Å². The second-order valence-corrected chi connectivity index (χ2v) is 3.51. The van der Waals surface area contributed by atoms with Crippen LogP contribution in [0.1, 0.15) is 5.56 Å². The summed E-state index contributed by atoms with van der Waals surface area (Å²) in [6.07, 6.45) is 2.48. The van der Waals surface area contributed by atoms with Crippen LogP contribution in [0.25, 0.3) is 10.9 Å². The van der Waals surface area contributed by atoms with E-state index in [1.165, 1.54) is 18.3 Å². The molecule has 1 heterocycles. The highest BCUT2D eigenvalue weighted by Gasteiger charge is 2.06. The highest BCUT2D eigenvalue weighted by Crippen LogP contribution is 2.26. The fraction of sp³-hybridized carbons (Fsp3) is 0.0909. The highest BCUT2D eigenvalue weighted by molar-refractivity contribution is 6.36. The van der Waals surface area contributed by atoms with Gasteiger partial charge in [0.15, 0.2) is 0 Å². The topological polar surface area (TPSA) is 30.0 Å². The number of aromatic nitrogens is 1. The van der Waals surface area contributed by atoms with Gasteiger partial charge in [-0.05, 0) is 17.7 Å². The third kappa shape index (κ3) is 1.83. The Balaban J connectivity index is 2.68. The predicted molar refractivity (Wildman–Crippen MR) is 56.5 cm³/mol. The number of halogens is 2. The molecule has 2 nitrogen and oxygen atoms in total. The maximum absolute atomic E-state index is 12.9. The lowest BCUT2D eigenvalue weighted by molar-refractivity contribution is -0.107. The van der Waals surface area contributed by atoms with Crippen molar-refractivity contribution >= 4 is 28.8 Å². The normalized spacial score (nSPS) is 10.5. The Kier molecular flexibility index (Phi) is 2.64. The summed E-state index contributed by atoms with van der Waals surface area (Å²) in [7, 11) is 0. The number of carbonyl (C=O) groups excluding carboxylic acids is 1. The number of nitrogens with zero attached hydrogens (tertiary/aromatic N) is 1. The molecule has 0 fully saturated rings. The first kappa shape index (κ1) is 10.1. The molecule has 15 heavy (non-hydrogen) atoms. The van der Waals surface area contributed by atoms with Gasteiger partial charge in [-0.1, -0.05) is 11.6 Å². The van der Waals surface area contributed by atoms with Gasteiger partial charge < -0.3 is 4.79 Å². The molecule has 1 aromatic heterocycles. The van der Waals surface area contributed by atoms with Crippen molar-refractivity contribution in [3.8, 4) is 0 Å². The van der Waals surface area contributed by atoms with Crippen LogP contribution in [0.2, 0.25) is 5.02 Å². The van der Waals surface area contributed by atoms with Crippen LogP contribution in [0.3, 0.4) is 0 Å². The summed E-state index contributed by atoms with van der Waals surface area (Å²) in [5, 5.41) is 1.13. The third-order valence-corrected chi connectivity index (χ3v) is 2.59. The molecule has 0 saturated carbocycles. The van der Waals surface area contributed by atoms with E-state index in [2.05, 4.69) is 4.98 Å². The minimum Gasteiger partial charge on any atom is -0.303 e. The first-order chi connectivity index (χ1) is 7.22. The number of hydrogen-bond donors (Lipinski definition) is 0. The second kappa shape index (κ2) is 3.95. The summed E-state index contributed by atoms with van der Waals surface area (Å²) in [6, 6.07) is 4.20. The van der Waals surface area contributed by atoms with E-state index in [4.69, 9.17) is 11.6 Å². The van der Waals surface area contributed by atoms with E-state index < -0.39 is 0 Å². The summed E-state index contributed by atoms with van der Waals surface area (Å²) in [5.74, 6) is -0.353. The number of pyridine rings is 1. The molecule has 0 aliphatic carbocycles. The van der Waals surface area contributed by atoms with Crippen LogP contribution in [0, 0.1) is 5.82 Å². The molecule has 0 atom stereocenters. The summed E-state index contributed by atoms with van der Waals surface area (Å²) in [5.41, 5.74) is 1.15. The molecule has 0 spiro atoms. The van der Waals surface area contributed by atoms with Crippen molar-refractivity contribution in [3.63, 3.8) is 0 Å². The Bertz CT molecular complexity index is 527. The monoisotopic (exact) mass is 223 g/mol. The van der Waals surface area contributed by atoms with Crippen LogP contribution >= 0.6 is 11.6 Å². The molecule has 0 aliphatic rings. The SMILES string of the molecule is O=CCc1cnc2cc(F)ccc2c1Cl. The van der Waals surface area contributed by atoms with E-state index in [9.17, 15) is 9.18 Å². The number of benzene rings is 1. The number of aldehydes is 1. The number of fused-ring (bicyclic) bond motifs is 1. The van der Waals surface area contributed by atoms with Gasteiger partial charge in [0.05, 0.1) is 10.5 Å². The molecule has 76 valence electrons. The Morgan fingerprint density at radius 3 is 3.00 bits per heavy atom. The van der Waals surface area contributed by atoms with Crippen molar-refractivity contribution in [1.29, 1.82) is 0 Å². The maximum atomic E-state index is 12.9.